The fraction of sp³-hybridized carbons (Fsp3) is 0.750. The summed E-state index contributed by atoms with van der Waals surface area (Å²) >= 11 is 0. The minimum atomic E-state index is 0.101. The first kappa shape index (κ1) is 14.6. The number of carbonyl (C=O) groups is 1. The van der Waals surface area contributed by atoms with Crippen LogP contribution in [0, 0.1) is 0 Å². The third kappa shape index (κ3) is 4.83. The van der Waals surface area contributed by atoms with Gasteiger partial charge in [-0.05, 0) is 20.0 Å². The zero-order valence-electron chi connectivity index (χ0n) is 11.4. The number of amides is 1. The first-order valence-electron chi connectivity index (χ1n) is 6.44. The molecular formula is C12H23N5O. The average molecular weight is 253 g/mol. The van der Waals surface area contributed by atoms with Crippen LogP contribution in [-0.2, 0) is 11.3 Å². The highest BCUT2D eigenvalue weighted by atomic mass is 16.1. The first-order valence-corrected chi connectivity index (χ1v) is 6.44. The summed E-state index contributed by atoms with van der Waals surface area (Å²) < 4.78 is 1.98. The lowest BCUT2D eigenvalue weighted by molar-refractivity contribution is -0.121. The molecule has 18 heavy (non-hydrogen) atoms. The second-order valence-corrected chi connectivity index (χ2v) is 4.59. The molecule has 0 fully saturated rings. The van der Waals surface area contributed by atoms with Gasteiger partial charge in [0.05, 0.1) is 0 Å². The van der Waals surface area contributed by atoms with Crippen molar-refractivity contribution >= 4 is 5.91 Å². The van der Waals surface area contributed by atoms with E-state index < -0.39 is 0 Å². The van der Waals surface area contributed by atoms with E-state index in [4.69, 9.17) is 0 Å². The summed E-state index contributed by atoms with van der Waals surface area (Å²) in [5.41, 5.74) is 0. The van der Waals surface area contributed by atoms with E-state index in [1.165, 1.54) is 0 Å². The van der Waals surface area contributed by atoms with Gasteiger partial charge in [-0.2, -0.15) is 0 Å². The standard InChI is InChI=1S/C12H23N5O/c1-10(2)12-16-15-9-17(12)8-7-14-11(18)5-4-6-13-3/h9-10,13H,4-8H2,1-3H3,(H,14,18). The molecule has 6 nitrogen and oxygen atoms in total. The molecule has 2 N–H and O–H groups in total. The molecule has 0 aliphatic heterocycles. The van der Waals surface area contributed by atoms with Gasteiger partial charge in [0.1, 0.15) is 12.2 Å². The van der Waals surface area contributed by atoms with Crippen LogP contribution < -0.4 is 10.6 Å². The molecule has 1 amide bonds. The Morgan fingerprint density at radius 3 is 2.89 bits per heavy atom. The number of hydrogen-bond donors (Lipinski definition) is 2. The number of hydrogen-bond acceptors (Lipinski definition) is 4. The van der Waals surface area contributed by atoms with E-state index in [2.05, 4.69) is 34.7 Å². The molecule has 0 aromatic carbocycles. The monoisotopic (exact) mass is 253 g/mol. The molecule has 6 heteroatoms. The van der Waals surface area contributed by atoms with Gasteiger partial charge >= 0.3 is 0 Å². The molecule has 102 valence electrons. The number of aromatic nitrogens is 3. The third-order valence-corrected chi connectivity index (χ3v) is 2.67. The number of nitrogens with zero attached hydrogens (tertiary/aromatic N) is 3. The van der Waals surface area contributed by atoms with Crippen molar-refractivity contribution in [1.82, 2.24) is 25.4 Å². The predicted octanol–water partition coefficient (Wildman–Crippen LogP) is 0.517. The summed E-state index contributed by atoms with van der Waals surface area (Å²) in [7, 11) is 1.89. The van der Waals surface area contributed by atoms with Crippen LogP contribution in [0.15, 0.2) is 6.33 Å². The van der Waals surface area contributed by atoms with Crippen molar-refractivity contribution in [3.8, 4) is 0 Å². The van der Waals surface area contributed by atoms with E-state index in [1.54, 1.807) is 6.33 Å². The quantitative estimate of drug-likeness (QED) is 0.662. The van der Waals surface area contributed by atoms with Crippen LogP contribution in [0.5, 0.6) is 0 Å². The smallest absolute Gasteiger partial charge is 0.220 e. The fourth-order valence-electron chi connectivity index (χ4n) is 1.71. The molecule has 1 rings (SSSR count). The van der Waals surface area contributed by atoms with Crippen LogP contribution in [0.25, 0.3) is 0 Å². The summed E-state index contributed by atoms with van der Waals surface area (Å²) in [6.07, 6.45) is 3.15. The molecule has 1 aromatic heterocycles. The zero-order chi connectivity index (χ0) is 13.4. The second kappa shape index (κ2) is 7.81. The molecule has 0 bridgehead atoms. The Morgan fingerprint density at radius 1 is 1.44 bits per heavy atom. The number of rotatable bonds is 8. The van der Waals surface area contributed by atoms with Crippen molar-refractivity contribution in [2.75, 3.05) is 20.1 Å². The molecule has 0 aliphatic rings. The van der Waals surface area contributed by atoms with Crippen molar-refractivity contribution in [3.05, 3.63) is 12.2 Å². The van der Waals surface area contributed by atoms with Gasteiger partial charge in [0.15, 0.2) is 0 Å². The molecular weight excluding hydrogens is 230 g/mol. The van der Waals surface area contributed by atoms with Gasteiger partial charge in [-0.3, -0.25) is 4.79 Å². The minimum Gasteiger partial charge on any atom is -0.354 e. The van der Waals surface area contributed by atoms with E-state index in [9.17, 15) is 4.79 Å². The Balaban J connectivity index is 2.24. The van der Waals surface area contributed by atoms with Crippen molar-refractivity contribution < 1.29 is 4.79 Å². The molecule has 1 heterocycles. The molecule has 0 radical (unpaired) electrons. The van der Waals surface area contributed by atoms with Gasteiger partial charge in [-0.1, -0.05) is 13.8 Å². The van der Waals surface area contributed by atoms with Gasteiger partial charge in [-0.25, -0.2) is 0 Å². The maximum absolute atomic E-state index is 11.5. The van der Waals surface area contributed by atoms with Gasteiger partial charge in [0.2, 0.25) is 5.91 Å². The van der Waals surface area contributed by atoms with Crippen LogP contribution >= 0.6 is 0 Å². The Bertz CT molecular complexity index is 361. The van der Waals surface area contributed by atoms with Crippen molar-refractivity contribution in [3.63, 3.8) is 0 Å². The first-order chi connectivity index (χ1) is 8.65. The summed E-state index contributed by atoms with van der Waals surface area (Å²) in [6.45, 7) is 6.37. The van der Waals surface area contributed by atoms with Crippen LogP contribution in [0.4, 0.5) is 0 Å². The van der Waals surface area contributed by atoms with Crippen LogP contribution in [0.1, 0.15) is 38.4 Å². The van der Waals surface area contributed by atoms with Crippen LogP contribution in [0.3, 0.4) is 0 Å². The minimum absolute atomic E-state index is 0.101. The predicted molar refractivity (Wildman–Crippen MR) is 70.3 cm³/mol. The lowest BCUT2D eigenvalue weighted by Gasteiger charge is -2.09. The number of carbonyl (C=O) groups excluding carboxylic acids is 1. The highest BCUT2D eigenvalue weighted by Gasteiger charge is 2.08. The SMILES string of the molecule is CNCCCC(=O)NCCn1cnnc1C(C)C. The Morgan fingerprint density at radius 2 is 2.22 bits per heavy atom. The van der Waals surface area contributed by atoms with E-state index in [0.29, 0.717) is 18.9 Å². The van der Waals surface area contributed by atoms with Gasteiger partial charge in [-0.15, -0.1) is 10.2 Å². The lowest BCUT2D eigenvalue weighted by Crippen LogP contribution is -2.28. The largest absolute Gasteiger partial charge is 0.354 e. The van der Waals surface area contributed by atoms with Gasteiger partial charge < -0.3 is 15.2 Å². The lowest BCUT2D eigenvalue weighted by atomic mass is 10.2. The van der Waals surface area contributed by atoms with E-state index in [-0.39, 0.29) is 5.91 Å². The average Bonchev–Trinajstić information content (AvgIpc) is 2.78. The highest BCUT2D eigenvalue weighted by Crippen LogP contribution is 2.09. The topological polar surface area (TPSA) is 71.8 Å². The van der Waals surface area contributed by atoms with Gasteiger partial charge in [0, 0.05) is 25.4 Å². The second-order valence-electron chi connectivity index (χ2n) is 4.59. The Labute approximate surface area is 108 Å². The maximum Gasteiger partial charge on any atom is 0.220 e. The van der Waals surface area contributed by atoms with Crippen molar-refractivity contribution in [2.45, 2.75) is 39.2 Å². The molecule has 0 saturated carbocycles. The van der Waals surface area contributed by atoms with E-state index in [0.717, 1.165) is 25.3 Å². The molecule has 0 atom stereocenters. The van der Waals surface area contributed by atoms with Gasteiger partial charge in [0.25, 0.3) is 0 Å². The molecule has 0 spiro atoms. The van der Waals surface area contributed by atoms with Crippen molar-refractivity contribution in [1.29, 1.82) is 0 Å². The number of nitrogens with one attached hydrogen (secondary N) is 2. The summed E-state index contributed by atoms with van der Waals surface area (Å²) in [5, 5.41) is 13.9. The van der Waals surface area contributed by atoms with Crippen LogP contribution in [0.2, 0.25) is 0 Å². The summed E-state index contributed by atoms with van der Waals surface area (Å²) in [5.74, 6) is 1.41. The summed E-state index contributed by atoms with van der Waals surface area (Å²) in [4.78, 5) is 11.5. The zero-order valence-corrected chi connectivity index (χ0v) is 11.4. The fourth-order valence-corrected chi connectivity index (χ4v) is 1.71. The molecule has 0 unspecified atom stereocenters. The molecule has 0 aliphatic carbocycles. The van der Waals surface area contributed by atoms with Crippen molar-refractivity contribution in [2.24, 2.45) is 0 Å². The Kier molecular flexibility index (Phi) is 6.35. The normalized spacial score (nSPS) is 10.9. The Hall–Kier alpha value is -1.43. The third-order valence-electron chi connectivity index (χ3n) is 2.67. The maximum atomic E-state index is 11.5. The van der Waals surface area contributed by atoms with E-state index >= 15 is 0 Å². The van der Waals surface area contributed by atoms with Crippen LogP contribution in [-0.4, -0.2) is 40.8 Å². The highest BCUT2D eigenvalue weighted by molar-refractivity contribution is 5.75. The molecule has 1 aromatic rings. The summed E-state index contributed by atoms with van der Waals surface area (Å²) in [6, 6.07) is 0. The molecule has 0 saturated heterocycles. The van der Waals surface area contributed by atoms with E-state index in [1.807, 2.05) is 11.6 Å².